The Kier molecular flexibility index (Phi) is 7.28. The lowest BCUT2D eigenvalue weighted by molar-refractivity contribution is -0.142. The molecule has 2 amide bonds. The zero-order valence-corrected chi connectivity index (χ0v) is 21.6. The molecule has 1 saturated carbocycles. The van der Waals surface area contributed by atoms with Crippen molar-refractivity contribution >= 4 is 23.2 Å². The maximum Gasteiger partial charge on any atom is 0.242 e. The molecule has 0 spiro atoms. The molecule has 2 atom stereocenters. The molecule has 2 unspecified atom stereocenters. The number of ether oxygens (including phenoxy) is 2. The van der Waals surface area contributed by atoms with Crippen LogP contribution in [0.15, 0.2) is 66.0 Å². The molecule has 36 heavy (non-hydrogen) atoms. The molecular weight excluding hydrogens is 472 g/mol. The van der Waals surface area contributed by atoms with Gasteiger partial charge in [-0.2, -0.15) is 0 Å². The Balaban J connectivity index is 1.31. The van der Waals surface area contributed by atoms with E-state index < -0.39 is 0 Å². The van der Waals surface area contributed by atoms with Crippen molar-refractivity contribution in [2.75, 3.05) is 19.9 Å². The van der Waals surface area contributed by atoms with Crippen molar-refractivity contribution in [2.45, 2.75) is 39.3 Å². The topological polar surface area (TPSA) is 59.1 Å². The predicted molar refractivity (Wildman–Crippen MR) is 140 cm³/mol. The van der Waals surface area contributed by atoms with Crippen LogP contribution in [0.25, 0.3) is 0 Å². The van der Waals surface area contributed by atoms with Crippen LogP contribution in [0.4, 0.5) is 0 Å². The second kappa shape index (κ2) is 10.7. The standard InChI is InChI=1S/C29H32N2O4S/c1-20(2)15-31(29(33)25-14-24(25)22-7-4-3-5-8-22)18-28(32)30(17-23-9-6-12-36-23)16-21-10-11-26-27(13-21)35-19-34-26/h3-13,20,24-25H,14-19H2,1-2H3. The van der Waals surface area contributed by atoms with E-state index in [4.69, 9.17) is 9.47 Å². The third-order valence-corrected chi connectivity index (χ3v) is 7.51. The van der Waals surface area contributed by atoms with Gasteiger partial charge in [-0.1, -0.05) is 56.3 Å². The molecule has 6 nitrogen and oxygen atoms in total. The average molecular weight is 505 g/mol. The van der Waals surface area contributed by atoms with Gasteiger partial charge in [0.1, 0.15) is 0 Å². The van der Waals surface area contributed by atoms with Gasteiger partial charge in [0.2, 0.25) is 18.6 Å². The molecular formula is C29H32N2O4S. The minimum absolute atomic E-state index is 0.0430. The van der Waals surface area contributed by atoms with Gasteiger partial charge in [0.15, 0.2) is 11.5 Å². The number of amides is 2. The number of thiophene rings is 1. The fraction of sp³-hybridized carbons (Fsp3) is 0.379. The molecule has 2 aromatic carbocycles. The van der Waals surface area contributed by atoms with Crippen molar-refractivity contribution in [3.05, 3.63) is 82.0 Å². The highest BCUT2D eigenvalue weighted by Crippen LogP contribution is 2.48. The van der Waals surface area contributed by atoms with E-state index in [-0.39, 0.29) is 42.9 Å². The Hall–Kier alpha value is -3.32. The van der Waals surface area contributed by atoms with Gasteiger partial charge in [0.05, 0.1) is 13.1 Å². The van der Waals surface area contributed by atoms with Gasteiger partial charge in [-0.05, 0) is 53.0 Å². The van der Waals surface area contributed by atoms with Crippen LogP contribution in [0, 0.1) is 11.8 Å². The van der Waals surface area contributed by atoms with Crippen molar-refractivity contribution in [2.24, 2.45) is 11.8 Å². The molecule has 0 radical (unpaired) electrons. The van der Waals surface area contributed by atoms with Crippen molar-refractivity contribution in [3.63, 3.8) is 0 Å². The Morgan fingerprint density at radius 2 is 1.78 bits per heavy atom. The summed E-state index contributed by atoms with van der Waals surface area (Å²) in [6.07, 6.45) is 0.849. The summed E-state index contributed by atoms with van der Waals surface area (Å²) in [6, 6.07) is 20.0. The van der Waals surface area contributed by atoms with E-state index in [0.29, 0.717) is 25.4 Å². The second-order valence-electron chi connectivity index (χ2n) is 9.99. The molecule has 1 aliphatic heterocycles. The Labute approximate surface area is 216 Å². The summed E-state index contributed by atoms with van der Waals surface area (Å²) in [5.74, 6) is 1.94. The summed E-state index contributed by atoms with van der Waals surface area (Å²) < 4.78 is 11.0. The molecule has 2 heterocycles. The van der Waals surface area contributed by atoms with Crippen LogP contribution >= 0.6 is 11.3 Å². The molecule has 1 fully saturated rings. The molecule has 188 valence electrons. The number of hydrogen-bond acceptors (Lipinski definition) is 5. The third kappa shape index (κ3) is 5.73. The van der Waals surface area contributed by atoms with E-state index in [0.717, 1.165) is 22.6 Å². The van der Waals surface area contributed by atoms with E-state index >= 15 is 0 Å². The fourth-order valence-electron chi connectivity index (χ4n) is 4.79. The van der Waals surface area contributed by atoms with Gasteiger partial charge in [-0.25, -0.2) is 0 Å². The molecule has 0 N–H and O–H groups in total. The zero-order chi connectivity index (χ0) is 25.1. The lowest BCUT2D eigenvalue weighted by Gasteiger charge is -2.29. The minimum atomic E-state index is -0.0491. The normalized spacial score (nSPS) is 17.8. The van der Waals surface area contributed by atoms with E-state index in [1.54, 1.807) is 16.2 Å². The first kappa shape index (κ1) is 24.4. The van der Waals surface area contributed by atoms with Gasteiger partial charge >= 0.3 is 0 Å². The lowest BCUT2D eigenvalue weighted by Crippen LogP contribution is -2.44. The average Bonchev–Trinajstić information content (AvgIpc) is 3.24. The number of nitrogens with zero attached hydrogens (tertiary/aromatic N) is 2. The third-order valence-electron chi connectivity index (χ3n) is 6.65. The van der Waals surface area contributed by atoms with E-state index in [9.17, 15) is 9.59 Å². The van der Waals surface area contributed by atoms with E-state index in [1.165, 1.54) is 5.56 Å². The van der Waals surface area contributed by atoms with Crippen LogP contribution in [0.3, 0.4) is 0 Å². The van der Waals surface area contributed by atoms with Crippen molar-refractivity contribution < 1.29 is 19.1 Å². The predicted octanol–water partition coefficient (Wildman–Crippen LogP) is 5.29. The van der Waals surface area contributed by atoms with Crippen LogP contribution in [0.5, 0.6) is 11.5 Å². The van der Waals surface area contributed by atoms with Crippen LogP contribution in [-0.2, 0) is 22.7 Å². The Bertz CT molecular complexity index is 1200. The van der Waals surface area contributed by atoms with Crippen molar-refractivity contribution in [1.29, 1.82) is 0 Å². The van der Waals surface area contributed by atoms with Gasteiger partial charge in [-0.3, -0.25) is 9.59 Å². The highest BCUT2D eigenvalue weighted by molar-refractivity contribution is 7.09. The van der Waals surface area contributed by atoms with Crippen LogP contribution in [0.1, 0.15) is 42.2 Å². The molecule has 1 aliphatic carbocycles. The molecule has 7 heteroatoms. The monoisotopic (exact) mass is 504 g/mol. The molecule has 0 saturated heterocycles. The maximum absolute atomic E-state index is 13.7. The highest BCUT2D eigenvalue weighted by atomic mass is 32.1. The lowest BCUT2D eigenvalue weighted by atomic mass is 10.1. The molecule has 2 aliphatic rings. The molecule has 5 rings (SSSR count). The maximum atomic E-state index is 13.7. The second-order valence-corrected chi connectivity index (χ2v) is 11.0. The summed E-state index contributed by atoms with van der Waals surface area (Å²) >= 11 is 1.63. The first-order chi connectivity index (χ1) is 17.5. The highest BCUT2D eigenvalue weighted by Gasteiger charge is 2.46. The summed E-state index contributed by atoms with van der Waals surface area (Å²) in [7, 11) is 0. The summed E-state index contributed by atoms with van der Waals surface area (Å²) in [4.78, 5) is 31.9. The van der Waals surface area contributed by atoms with E-state index in [2.05, 4.69) is 26.0 Å². The Morgan fingerprint density at radius 3 is 2.53 bits per heavy atom. The minimum Gasteiger partial charge on any atom is -0.454 e. The van der Waals surface area contributed by atoms with Gasteiger partial charge < -0.3 is 19.3 Å². The molecule has 3 aromatic rings. The Morgan fingerprint density at radius 1 is 0.972 bits per heavy atom. The van der Waals surface area contributed by atoms with Gasteiger partial charge in [-0.15, -0.1) is 11.3 Å². The van der Waals surface area contributed by atoms with Crippen molar-refractivity contribution in [3.8, 4) is 11.5 Å². The van der Waals surface area contributed by atoms with Crippen LogP contribution in [-0.4, -0.2) is 41.5 Å². The first-order valence-corrected chi connectivity index (χ1v) is 13.4. The number of rotatable bonds is 10. The van der Waals surface area contributed by atoms with Crippen molar-refractivity contribution in [1.82, 2.24) is 9.80 Å². The summed E-state index contributed by atoms with van der Waals surface area (Å²) in [6.45, 7) is 5.99. The summed E-state index contributed by atoms with van der Waals surface area (Å²) in [5, 5.41) is 2.02. The largest absolute Gasteiger partial charge is 0.454 e. The molecule has 1 aromatic heterocycles. The summed E-state index contributed by atoms with van der Waals surface area (Å²) in [5.41, 5.74) is 2.17. The zero-order valence-electron chi connectivity index (χ0n) is 20.8. The number of benzene rings is 2. The number of carbonyl (C=O) groups is 2. The fourth-order valence-corrected chi connectivity index (χ4v) is 5.51. The number of hydrogen-bond donors (Lipinski definition) is 0. The number of carbonyl (C=O) groups excluding carboxylic acids is 2. The van der Waals surface area contributed by atoms with Gasteiger partial charge in [0, 0.05) is 23.9 Å². The molecule has 0 bridgehead atoms. The van der Waals surface area contributed by atoms with Crippen LogP contribution < -0.4 is 9.47 Å². The quantitative estimate of drug-likeness (QED) is 0.376. The number of fused-ring (bicyclic) bond motifs is 1. The SMILES string of the molecule is CC(C)CN(CC(=O)N(Cc1ccc2c(c1)OCO2)Cc1cccs1)C(=O)C1CC1c1ccccc1. The smallest absolute Gasteiger partial charge is 0.242 e. The van der Waals surface area contributed by atoms with E-state index in [1.807, 2.05) is 58.8 Å². The van der Waals surface area contributed by atoms with Gasteiger partial charge in [0.25, 0.3) is 0 Å². The first-order valence-electron chi connectivity index (χ1n) is 12.5. The van der Waals surface area contributed by atoms with Crippen LogP contribution in [0.2, 0.25) is 0 Å².